The second kappa shape index (κ2) is 12.1. The van der Waals surface area contributed by atoms with Gasteiger partial charge < -0.3 is 19.9 Å². The van der Waals surface area contributed by atoms with Crippen molar-refractivity contribution in [1.82, 2.24) is 20.1 Å². The van der Waals surface area contributed by atoms with Crippen LogP contribution in [0.15, 0.2) is 29.5 Å². The molecule has 0 bridgehead atoms. The van der Waals surface area contributed by atoms with Crippen LogP contribution < -0.4 is 5.32 Å². The quantitative estimate of drug-likeness (QED) is 0.499. The van der Waals surface area contributed by atoms with Crippen molar-refractivity contribution in [2.75, 3.05) is 39.8 Å². The highest BCUT2D eigenvalue weighted by Gasteiger charge is 2.27. The van der Waals surface area contributed by atoms with Crippen molar-refractivity contribution in [2.45, 2.75) is 65.9 Å². The summed E-state index contributed by atoms with van der Waals surface area (Å²) in [7, 11) is 1.85. The first-order valence-corrected chi connectivity index (χ1v) is 12.0. The van der Waals surface area contributed by atoms with Gasteiger partial charge in [0.05, 0.1) is 0 Å². The number of carbonyl (C=O) groups is 1. The van der Waals surface area contributed by atoms with Crippen molar-refractivity contribution in [2.24, 2.45) is 16.8 Å². The van der Waals surface area contributed by atoms with E-state index >= 15 is 0 Å². The van der Waals surface area contributed by atoms with Crippen molar-refractivity contribution >= 4 is 12.1 Å². The third-order valence-corrected chi connectivity index (χ3v) is 6.04. The summed E-state index contributed by atoms with van der Waals surface area (Å²) in [6, 6.07) is 4.15. The molecule has 7 heteroatoms. The van der Waals surface area contributed by atoms with Crippen LogP contribution in [0.5, 0.6) is 0 Å². The van der Waals surface area contributed by atoms with E-state index in [1.165, 1.54) is 5.56 Å². The molecule has 180 valence electrons. The summed E-state index contributed by atoms with van der Waals surface area (Å²) in [5, 5.41) is 3.59. The number of aromatic nitrogens is 1. The lowest BCUT2D eigenvalue weighted by molar-refractivity contribution is 0.0214. The minimum Gasteiger partial charge on any atom is -0.444 e. The topological polar surface area (TPSA) is 70.1 Å². The van der Waals surface area contributed by atoms with E-state index in [0.29, 0.717) is 24.3 Å². The van der Waals surface area contributed by atoms with Crippen LogP contribution in [0.1, 0.15) is 65.9 Å². The zero-order valence-corrected chi connectivity index (χ0v) is 21.1. The lowest BCUT2D eigenvalue weighted by Crippen LogP contribution is -2.48. The summed E-state index contributed by atoms with van der Waals surface area (Å²) in [6.45, 7) is 16.4. The Bertz CT molecular complexity index is 722. The predicted octanol–water partition coefficient (Wildman–Crippen LogP) is 4.37. The van der Waals surface area contributed by atoms with Gasteiger partial charge >= 0.3 is 6.09 Å². The standard InChI is InChI=1S/C25H43N5O2/c1-8-29(24(31)32-25(4,5)6)18-20-11-14-30(15-12-20)23(26-7)28-17-22(19(2)3)21-10-9-13-27-16-21/h9-10,13,16,19-20,22H,8,11-12,14-15,17-18H2,1-7H3,(H,26,28). The SMILES string of the molecule is CCN(CC1CCN(C(=NC)NCC(c2cccnc2)C(C)C)CC1)C(=O)OC(C)(C)C. The van der Waals surface area contributed by atoms with Crippen LogP contribution in [0.4, 0.5) is 4.79 Å². The number of aliphatic imine (C=N–C) groups is 1. The Morgan fingerprint density at radius 1 is 1.34 bits per heavy atom. The number of amides is 1. The van der Waals surface area contributed by atoms with E-state index in [4.69, 9.17) is 4.74 Å². The van der Waals surface area contributed by atoms with E-state index in [-0.39, 0.29) is 6.09 Å². The molecule has 2 rings (SSSR count). The Morgan fingerprint density at radius 2 is 2.03 bits per heavy atom. The van der Waals surface area contributed by atoms with Gasteiger partial charge in [0, 0.05) is 58.1 Å². The first-order valence-electron chi connectivity index (χ1n) is 12.0. The van der Waals surface area contributed by atoms with E-state index < -0.39 is 5.60 Å². The third-order valence-electron chi connectivity index (χ3n) is 6.04. The van der Waals surface area contributed by atoms with E-state index in [1.807, 2.05) is 58.1 Å². The van der Waals surface area contributed by atoms with Crippen LogP contribution in [0.3, 0.4) is 0 Å². The summed E-state index contributed by atoms with van der Waals surface area (Å²) in [5.74, 6) is 2.32. The van der Waals surface area contributed by atoms with Crippen LogP contribution in [-0.4, -0.2) is 72.2 Å². The molecule has 1 aliphatic rings. The summed E-state index contributed by atoms with van der Waals surface area (Å²) in [5.41, 5.74) is 0.793. The number of nitrogens with zero attached hydrogens (tertiary/aromatic N) is 4. The molecule has 0 aromatic carbocycles. The highest BCUT2D eigenvalue weighted by atomic mass is 16.6. The average Bonchev–Trinajstić information content (AvgIpc) is 2.75. The molecule has 0 spiro atoms. The number of nitrogens with one attached hydrogen (secondary N) is 1. The molecule has 1 N–H and O–H groups in total. The van der Waals surface area contributed by atoms with Gasteiger partial charge in [-0.2, -0.15) is 0 Å². The number of likely N-dealkylation sites (tertiary alicyclic amines) is 1. The van der Waals surface area contributed by atoms with Gasteiger partial charge in [-0.1, -0.05) is 19.9 Å². The van der Waals surface area contributed by atoms with E-state index in [9.17, 15) is 4.79 Å². The summed E-state index contributed by atoms with van der Waals surface area (Å²) in [6.07, 6.45) is 5.65. The zero-order valence-electron chi connectivity index (χ0n) is 21.1. The lowest BCUT2D eigenvalue weighted by Gasteiger charge is -2.37. The van der Waals surface area contributed by atoms with E-state index in [2.05, 4.69) is 40.1 Å². The monoisotopic (exact) mass is 445 g/mol. The van der Waals surface area contributed by atoms with Crippen molar-refractivity contribution in [3.05, 3.63) is 30.1 Å². The van der Waals surface area contributed by atoms with Crippen LogP contribution in [0.25, 0.3) is 0 Å². The molecule has 0 radical (unpaired) electrons. The number of rotatable bonds is 7. The Hall–Kier alpha value is -2.31. The Kier molecular flexibility index (Phi) is 9.79. The fraction of sp³-hybridized carbons (Fsp3) is 0.720. The molecule has 32 heavy (non-hydrogen) atoms. The van der Waals surface area contributed by atoms with Gasteiger partial charge in [0.25, 0.3) is 0 Å². The average molecular weight is 446 g/mol. The summed E-state index contributed by atoms with van der Waals surface area (Å²) >= 11 is 0. The number of piperidine rings is 1. The molecular formula is C25H43N5O2. The van der Waals surface area contributed by atoms with Crippen LogP contribution in [0.2, 0.25) is 0 Å². The fourth-order valence-corrected chi connectivity index (χ4v) is 4.17. The van der Waals surface area contributed by atoms with Gasteiger partial charge in [-0.05, 0) is 64.0 Å². The zero-order chi connectivity index (χ0) is 23.7. The summed E-state index contributed by atoms with van der Waals surface area (Å²) < 4.78 is 5.56. The molecule has 2 heterocycles. The lowest BCUT2D eigenvalue weighted by atomic mass is 9.89. The highest BCUT2D eigenvalue weighted by molar-refractivity contribution is 5.80. The molecule has 1 aromatic rings. The normalized spacial score (nSPS) is 16.8. The molecule has 1 unspecified atom stereocenters. The maximum absolute atomic E-state index is 12.5. The van der Waals surface area contributed by atoms with Crippen molar-refractivity contribution in [3.8, 4) is 0 Å². The largest absolute Gasteiger partial charge is 0.444 e. The molecule has 0 aliphatic carbocycles. The highest BCUT2D eigenvalue weighted by Crippen LogP contribution is 2.24. The van der Waals surface area contributed by atoms with Gasteiger partial charge in [0.2, 0.25) is 0 Å². The van der Waals surface area contributed by atoms with Crippen molar-refractivity contribution in [3.63, 3.8) is 0 Å². The van der Waals surface area contributed by atoms with Crippen molar-refractivity contribution in [1.29, 1.82) is 0 Å². The maximum Gasteiger partial charge on any atom is 0.410 e. The third kappa shape index (κ3) is 7.99. The van der Waals surface area contributed by atoms with E-state index in [1.54, 1.807) is 0 Å². The van der Waals surface area contributed by atoms with Crippen LogP contribution in [0, 0.1) is 11.8 Å². The van der Waals surface area contributed by atoms with Gasteiger partial charge in [-0.3, -0.25) is 9.98 Å². The minimum atomic E-state index is -0.463. The first kappa shape index (κ1) is 25.9. The molecule has 7 nitrogen and oxygen atoms in total. The molecule has 1 fully saturated rings. The Balaban J connectivity index is 1.87. The second-order valence-corrected chi connectivity index (χ2v) is 10.0. The number of hydrogen-bond acceptors (Lipinski definition) is 4. The molecule has 0 saturated carbocycles. The van der Waals surface area contributed by atoms with Gasteiger partial charge in [0.1, 0.15) is 5.60 Å². The van der Waals surface area contributed by atoms with Crippen molar-refractivity contribution < 1.29 is 9.53 Å². The maximum atomic E-state index is 12.5. The number of carbonyl (C=O) groups excluding carboxylic acids is 1. The van der Waals surface area contributed by atoms with Gasteiger partial charge in [-0.15, -0.1) is 0 Å². The second-order valence-electron chi connectivity index (χ2n) is 10.0. The fourth-order valence-electron chi connectivity index (χ4n) is 4.17. The van der Waals surface area contributed by atoms with Crippen LogP contribution >= 0.6 is 0 Å². The minimum absolute atomic E-state index is 0.213. The molecule has 1 aliphatic heterocycles. The van der Waals surface area contributed by atoms with E-state index in [0.717, 1.165) is 45.0 Å². The predicted molar refractivity (Wildman–Crippen MR) is 131 cm³/mol. The van der Waals surface area contributed by atoms with Gasteiger partial charge in [0.15, 0.2) is 5.96 Å². The van der Waals surface area contributed by atoms with Crippen LogP contribution in [-0.2, 0) is 4.74 Å². The smallest absolute Gasteiger partial charge is 0.410 e. The van der Waals surface area contributed by atoms with Gasteiger partial charge in [-0.25, -0.2) is 4.79 Å². The Labute approximate surface area is 194 Å². The number of guanidine groups is 1. The molecule has 1 aromatic heterocycles. The Morgan fingerprint density at radius 3 is 2.53 bits per heavy atom. The number of pyridine rings is 1. The summed E-state index contributed by atoms with van der Waals surface area (Å²) in [4.78, 5) is 25.5. The molecular weight excluding hydrogens is 402 g/mol. The molecule has 1 atom stereocenters. The molecule has 1 saturated heterocycles. The first-order chi connectivity index (χ1) is 15.1. The number of ether oxygens (including phenoxy) is 1. The molecule has 1 amide bonds. The number of hydrogen-bond donors (Lipinski definition) is 1.